The molecule has 5 aromatic rings. The first-order valence-corrected chi connectivity index (χ1v) is 20.4. The lowest BCUT2D eigenvalue weighted by Crippen LogP contribution is -2.22. The number of nitrogens with zero attached hydrogens (tertiary/aromatic N) is 1. The summed E-state index contributed by atoms with van der Waals surface area (Å²) >= 11 is 0. The molecular weight excluding hydrogens is 783 g/mol. The molecule has 0 spiro atoms. The molecule has 0 unspecified atom stereocenters. The maximum Gasteiger partial charge on any atom is 0.332 e. The highest BCUT2D eigenvalue weighted by atomic mass is 32.2. The molecule has 0 aliphatic rings. The third kappa shape index (κ3) is 12.6. The van der Waals surface area contributed by atoms with Gasteiger partial charge in [-0.15, -0.1) is 0 Å². The molecule has 17 heteroatoms. The van der Waals surface area contributed by atoms with Crippen molar-refractivity contribution in [3.8, 4) is 28.7 Å². The lowest BCUT2D eigenvalue weighted by Gasteiger charge is -2.24. The van der Waals surface area contributed by atoms with Gasteiger partial charge in [0.25, 0.3) is 0 Å². The Morgan fingerprint density at radius 2 is 1.49 bits per heavy atom. The third-order valence-corrected chi connectivity index (χ3v) is 9.21. The molecule has 0 bridgehead atoms. The van der Waals surface area contributed by atoms with Gasteiger partial charge >= 0.3 is 12.0 Å². The number of fused-ring (bicyclic) bond motifs is 1. The van der Waals surface area contributed by atoms with Crippen molar-refractivity contribution in [2.24, 2.45) is 0 Å². The van der Waals surface area contributed by atoms with Gasteiger partial charge in [-0.2, -0.15) is 0 Å². The lowest BCUT2D eigenvalue weighted by atomic mass is 9.86. The van der Waals surface area contributed by atoms with Crippen molar-refractivity contribution in [1.29, 1.82) is 0 Å². The van der Waals surface area contributed by atoms with E-state index in [2.05, 4.69) is 25.7 Å². The molecular formula is C42H49N5O11S. The van der Waals surface area contributed by atoms with E-state index in [1.165, 1.54) is 14.0 Å². The first kappa shape index (κ1) is 43.8. The number of amides is 2. The zero-order valence-electron chi connectivity index (χ0n) is 33.9. The number of ether oxygens (including phenoxy) is 6. The summed E-state index contributed by atoms with van der Waals surface area (Å²) in [6, 6.07) is 22.6. The minimum absolute atomic E-state index is 0.149. The number of aliphatic carboxylic acids is 1. The molecule has 5 rings (SSSR count). The number of rotatable bonds is 19. The molecule has 0 radical (unpaired) electrons. The highest BCUT2D eigenvalue weighted by molar-refractivity contribution is 7.92. The number of anilines is 5. The fourth-order valence-electron chi connectivity index (χ4n) is 5.73. The number of pyridine rings is 1. The van der Waals surface area contributed by atoms with Crippen LogP contribution in [0, 0.1) is 0 Å². The van der Waals surface area contributed by atoms with E-state index in [1.807, 2.05) is 45.0 Å². The molecule has 16 nitrogen and oxygen atoms in total. The molecule has 1 heterocycles. The van der Waals surface area contributed by atoms with E-state index in [0.717, 1.165) is 17.2 Å². The molecule has 0 saturated carbocycles. The summed E-state index contributed by atoms with van der Waals surface area (Å²) in [4.78, 5) is 28.8. The first-order chi connectivity index (χ1) is 28.0. The van der Waals surface area contributed by atoms with Gasteiger partial charge in [0.05, 0.1) is 57.4 Å². The molecule has 1 atom stereocenters. The number of sulfonamides is 1. The second-order valence-electron chi connectivity index (χ2n) is 14.3. The standard InChI is InChI=1S/C42H49N5O11S/c1-26(40(48)49)56-18-16-55-17-19-57-31-23-28(22-30(24-31)53-5)44-38-25-29(14-15-43-38)58-37-13-12-34(32-10-8-9-11-33(32)37)45-41(50)46-35-20-27(42(2,3)4)21-36(39(35)54-6)47-59(7,51)52/h8-15,20-26,47H,16-19H2,1-7H3,(H,43,44)(H,48,49)(H2,45,46,50)/t26-/m0/s1. The van der Waals surface area contributed by atoms with Crippen molar-refractivity contribution < 1.29 is 51.5 Å². The Morgan fingerprint density at radius 1 is 0.797 bits per heavy atom. The first-order valence-electron chi connectivity index (χ1n) is 18.5. The highest BCUT2D eigenvalue weighted by Crippen LogP contribution is 2.40. The molecule has 0 saturated heterocycles. The Labute approximate surface area is 343 Å². The smallest absolute Gasteiger partial charge is 0.332 e. The largest absolute Gasteiger partial charge is 0.497 e. The van der Waals surface area contributed by atoms with Gasteiger partial charge in [0, 0.05) is 46.9 Å². The van der Waals surface area contributed by atoms with E-state index in [4.69, 9.17) is 33.5 Å². The van der Waals surface area contributed by atoms with Gasteiger partial charge in [-0.25, -0.2) is 23.0 Å². The van der Waals surface area contributed by atoms with Crippen LogP contribution in [0.15, 0.2) is 85.1 Å². The highest BCUT2D eigenvalue weighted by Gasteiger charge is 2.23. The van der Waals surface area contributed by atoms with Crippen LogP contribution >= 0.6 is 0 Å². The molecule has 314 valence electrons. The molecule has 59 heavy (non-hydrogen) atoms. The van der Waals surface area contributed by atoms with Gasteiger partial charge in [-0.05, 0) is 48.2 Å². The van der Waals surface area contributed by atoms with Crippen LogP contribution in [-0.2, 0) is 29.7 Å². The number of carbonyl (C=O) groups is 2. The van der Waals surface area contributed by atoms with E-state index >= 15 is 0 Å². The van der Waals surface area contributed by atoms with Gasteiger partial charge in [0.15, 0.2) is 11.9 Å². The Morgan fingerprint density at radius 3 is 2.19 bits per heavy atom. The van der Waals surface area contributed by atoms with Gasteiger partial charge < -0.3 is 49.5 Å². The number of carboxylic acid groups (broad SMARTS) is 1. The van der Waals surface area contributed by atoms with Crippen LogP contribution in [0.1, 0.15) is 33.3 Å². The van der Waals surface area contributed by atoms with Crippen molar-refractivity contribution >= 4 is 61.4 Å². The van der Waals surface area contributed by atoms with Crippen LogP contribution in [0.4, 0.5) is 33.4 Å². The minimum atomic E-state index is -3.65. The van der Waals surface area contributed by atoms with E-state index in [-0.39, 0.29) is 49.0 Å². The van der Waals surface area contributed by atoms with Crippen LogP contribution in [0.2, 0.25) is 0 Å². The van der Waals surface area contributed by atoms with Crippen LogP contribution < -0.4 is 39.6 Å². The van der Waals surface area contributed by atoms with Gasteiger partial charge in [0.1, 0.15) is 35.4 Å². The Balaban J connectivity index is 1.27. The molecule has 4 aromatic carbocycles. The summed E-state index contributed by atoms with van der Waals surface area (Å²) in [5.41, 5.74) is 2.03. The van der Waals surface area contributed by atoms with E-state index in [0.29, 0.717) is 45.6 Å². The molecule has 2 amide bonds. The SMILES string of the molecule is COc1cc(Nc2cc(Oc3ccc(NC(=O)Nc4cc(C(C)(C)C)cc(NS(C)(=O)=O)c4OC)c4ccccc34)ccn2)cc(OCCOCCO[C@@H](C)C(=O)O)c1. The average molecular weight is 832 g/mol. The summed E-state index contributed by atoms with van der Waals surface area (Å²) < 4.78 is 60.7. The van der Waals surface area contributed by atoms with Crippen molar-refractivity contribution in [3.05, 3.63) is 90.6 Å². The average Bonchev–Trinajstić information content (AvgIpc) is 3.17. The number of methoxy groups -OCH3 is 2. The van der Waals surface area contributed by atoms with Gasteiger partial charge in [-0.3, -0.25) is 4.72 Å². The molecule has 0 aliphatic carbocycles. The maximum atomic E-state index is 13.5. The number of aromatic nitrogens is 1. The number of hydrogen-bond acceptors (Lipinski definition) is 12. The quantitative estimate of drug-likeness (QED) is 0.0501. The van der Waals surface area contributed by atoms with Crippen molar-refractivity contribution in [2.75, 3.05) is 67.6 Å². The minimum Gasteiger partial charge on any atom is -0.497 e. The third-order valence-electron chi connectivity index (χ3n) is 8.62. The van der Waals surface area contributed by atoms with Crippen LogP contribution in [-0.4, -0.2) is 83.5 Å². The number of hydrogen-bond donors (Lipinski definition) is 5. The zero-order valence-corrected chi connectivity index (χ0v) is 34.7. The molecule has 5 N–H and O–H groups in total. The van der Waals surface area contributed by atoms with Gasteiger partial charge in [-0.1, -0.05) is 45.0 Å². The van der Waals surface area contributed by atoms with Gasteiger partial charge in [0.2, 0.25) is 10.0 Å². The van der Waals surface area contributed by atoms with Crippen molar-refractivity contribution in [2.45, 2.75) is 39.2 Å². The molecule has 1 aromatic heterocycles. The van der Waals surface area contributed by atoms with E-state index in [1.54, 1.807) is 67.9 Å². The monoisotopic (exact) mass is 831 g/mol. The number of nitrogens with one attached hydrogen (secondary N) is 4. The van der Waals surface area contributed by atoms with E-state index in [9.17, 15) is 18.0 Å². The topological polar surface area (TPSA) is 205 Å². The van der Waals surface area contributed by atoms with Crippen LogP contribution in [0.3, 0.4) is 0 Å². The summed E-state index contributed by atoms with van der Waals surface area (Å²) in [7, 11) is -0.702. The molecule has 0 fully saturated rings. The lowest BCUT2D eigenvalue weighted by molar-refractivity contribution is -0.150. The summed E-state index contributed by atoms with van der Waals surface area (Å²) in [5.74, 6) is 1.72. The number of benzene rings is 4. The Bertz CT molecular complexity index is 2390. The fraction of sp³-hybridized carbons (Fsp3) is 0.310. The molecule has 0 aliphatic heterocycles. The van der Waals surface area contributed by atoms with Crippen LogP contribution in [0.25, 0.3) is 10.8 Å². The number of carboxylic acids is 1. The summed E-state index contributed by atoms with van der Waals surface area (Å²) in [6.45, 7) is 8.26. The van der Waals surface area contributed by atoms with Crippen molar-refractivity contribution in [1.82, 2.24) is 4.98 Å². The normalized spacial score (nSPS) is 12.0. The number of carbonyl (C=O) groups excluding carboxylic acids is 1. The predicted octanol–water partition coefficient (Wildman–Crippen LogP) is 7.99. The number of urea groups is 1. The summed E-state index contributed by atoms with van der Waals surface area (Å²) in [5, 5.41) is 19.3. The Kier molecular flexibility index (Phi) is 14.4. The van der Waals surface area contributed by atoms with E-state index < -0.39 is 28.1 Å². The second-order valence-corrected chi connectivity index (χ2v) is 16.0. The van der Waals surface area contributed by atoms with Crippen molar-refractivity contribution in [3.63, 3.8) is 0 Å². The second kappa shape index (κ2) is 19.4. The van der Waals surface area contributed by atoms with Crippen LogP contribution in [0.5, 0.6) is 28.7 Å². The summed E-state index contributed by atoms with van der Waals surface area (Å²) in [6.07, 6.45) is 1.75. The maximum absolute atomic E-state index is 13.5. The fourth-order valence-corrected chi connectivity index (χ4v) is 6.29. The zero-order chi connectivity index (χ0) is 42.7. The predicted molar refractivity (Wildman–Crippen MR) is 227 cm³/mol. The Hall–Kier alpha value is -6.30.